The van der Waals surface area contributed by atoms with Gasteiger partial charge >= 0.3 is 6.03 Å². The summed E-state index contributed by atoms with van der Waals surface area (Å²) in [6.45, 7) is 4.89. The minimum absolute atomic E-state index is 0.248. The van der Waals surface area contributed by atoms with E-state index >= 15 is 0 Å². The fourth-order valence-corrected chi connectivity index (χ4v) is 2.33. The Bertz CT molecular complexity index is 659. The van der Waals surface area contributed by atoms with Gasteiger partial charge in [0.1, 0.15) is 12.4 Å². The highest BCUT2D eigenvalue weighted by Gasteiger charge is 2.03. The van der Waals surface area contributed by atoms with E-state index in [-0.39, 0.29) is 6.03 Å². The molecule has 2 aromatic carbocycles. The Labute approximate surface area is 139 Å². The molecule has 2 rings (SSSR count). The van der Waals surface area contributed by atoms with E-state index in [1.54, 1.807) is 0 Å². The molecule has 2 N–H and O–H groups in total. The maximum Gasteiger partial charge on any atom is 0.319 e. The number of anilines is 1. The third-order valence-electron chi connectivity index (χ3n) is 3.07. The highest BCUT2D eigenvalue weighted by atomic mass is 79.9. The maximum atomic E-state index is 11.8. The van der Waals surface area contributed by atoms with Crippen molar-refractivity contribution in [3.63, 3.8) is 0 Å². The smallest absolute Gasteiger partial charge is 0.319 e. The summed E-state index contributed by atoms with van der Waals surface area (Å²) in [4.78, 5) is 11.8. The monoisotopic (exact) mass is 362 g/mol. The second kappa shape index (κ2) is 7.84. The average molecular weight is 363 g/mol. The van der Waals surface area contributed by atoms with E-state index in [4.69, 9.17) is 4.74 Å². The Morgan fingerprint density at radius 2 is 2.00 bits per heavy atom. The topological polar surface area (TPSA) is 50.4 Å². The second-order valence-electron chi connectivity index (χ2n) is 5.01. The lowest BCUT2D eigenvalue weighted by molar-refractivity contribution is 0.247. The number of rotatable bonds is 5. The molecule has 0 aliphatic carbocycles. The SMILES string of the molecule is Cc1ccc(C)c(OCCNC(=O)Nc2cccc(Br)c2)c1. The van der Waals surface area contributed by atoms with Crippen molar-refractivity contribution >= 4 is 27.6 Å². The van der Waals surface area contributed by atoms with Gasteiger partial charge in [0.05, 0.1) is 6.54 Å². The first-order chi connectivity index (χ1) is 10.5. The molecule has 4 nitrogen and oxygen atoms in total. The van der Waals surface area contributed by atoms with Crippen LogP contribution < -0.4 is 15.4 Å². The highest BCUT2D eigenvalue weighted by molar-refractivity contribution is 9.10. The number of benzene rings is 2. The summed E-state index contributed by atoms with van der Waals surface area (Å²) in [5.41, 5.74) is 2.98. The fourth-order valence-electron chi connectivity index (χ4n) is 1.93. The van der Waals surface area contributed by atoms with Crippen molar-refractivity contribution in [1.82, 2.24) is 5.32 Å². The van der Waals surface area contributed by atoms with Crippen molar-refractivity contribution < 1.29 is 9.53 Å². The van der Waals surface area contributed by atoms with Crippen LogP contribution in [0.15, 0.2) is 46.9 Å². The van der Waals surface area contributed by atoms with Gasteiger partial charge in [-0.3, -0.25) is 0 Å². The van der Waals surface area contributed by atoms with E-state index in [0.717, 1.165) is 27.0 Å². The van der Waals surface area contributed by atoms with Gasteiger partial charge in [-0.15, -0.1) is 0 Å². The Balaban J connectivity index is 1.74. The zero-order valence-electron chi connectivity index (χ0n) is 12.7. The molecule has 0 aliphatic rings. The fraction of sp³-hybridized carbons (Fsp3) is 0.235. The second-order valence-corrected chi connectivity index (χ2v) is 5.92. The molecule has 0 saturated carbocycles. The van der Waals surface area contributed by atoms with E-state index in [1.165, 1.54) is 0 Å². The van der Waals surface area contributed by atoms with Crippen LogP contribution >= 0.6 is 15.9 Å². The molecule has 0 saturated heterocycles. The van der Waals surface area contributed by atoms with E-state index in [1.807, 2.05) is 56.3 Å². The number of carbonyl (C=O) groups is 1. The number of hydrogen-bond acceptors (Lipinski definition) is 2. The molecular formula is C17H19BrN2O2. The van der Waals surface area contributed by atoms with Gasteiger partial charge in [0.2, 0.25) is 0 Å². The quantitative estimate of drug-likeness (QED) is 0.780. The molecule has 5 heteroatoms. The molecule has 0 spiro atoms. The molecule has 0 fully saturated rings. The van der Waals surface area contributed by atoms with Gasteiger partial charge in [-0.25, -0.2) is 4.79 Å². The van der Waals surface area contributed by atoms with Gasteiger partial charge in [-0.1, -0.05) is 34.1 Å². The predicted octanol–water partition coefficient (Wildman–Crippen LogP) is 4.27. The lowest BCUT2D eigenvalue weighted by Crippen LogP contribution is -2.32. The first-order valence-electron chi connectivity index (χ1n) is 7.05. The predicted molar refractivity (Wildman–Crippen MR) is 92.6 cm³/mol. The van der Waals surface area contributed by atoms with Gasteiger partial charge in [0.25, 0.3) is 0 Å². The van der Waals surface area contributed by atoms with Crippen LogP contribution in [0.2, 0.25) is 0 Å². The summed E-state index contributed by atoms with van der Waals surface area (Å²) in [6, 6.07) is 13.3. The van der Waals surface area contributed by atoms with Crippen LogP contribution in [0.1, 0.15) is 11.1 Å². The van der Waals surface area contributed by atoms with Gasteiger partial charge in [-0.2, -0.15) is 0 Å². The van der Waals surface area contributed by atoms with Crippen molar-refractivity contribution in [3.8, 4) is 5.75 Å². The molecule has 22 heavy (non-hydrogen) atoms. The molecule has 0 unspecified atom stereocenters. The molecule has 0 radical (unpaired) electrons. The Hall–Kier alpha value is -2.01. The van der Waals surface area contributed by atoms with Gasteiger partial charge in [0.15, 0.2) is 0 Å². The number of hydrogen-bond donors (Lipinski definition) is 2. The van der Waals surface area contributed by atoms with Gasteiger partial charge in [0, 0.05) is 10.2 Å². The molecule has 0 heterocycles. The van der Waals surface area contributed by atoms with Crippen LogP contribution in [0.5, 0.6) is 5.75 Å². The standard InChI is InChI=1S/C17H19BrN2O2/c1-12-6-7-13(2)16(10-12)22-9-8-19-17(21)20-15-5-3-4-14(18)11-15/h3-7,10-11H,8-9H2,1-2H3,(H2,19,20,21). The molecule has 0 aromatic heterocycles. The van der Waals surface area contributed by atoms with E-state index in [2.05, 4.69) is 26.6 Å². The summed E-state index contributed by atoms with van der Waals surface area (Å²) in [5.74, 6) is 0.856. The van der Waals surface area contributed by atoms with Crippen molar-refractivity contribution in [1.29, 1.82) is 0 Å². The van der Waals surface area contributed by atoms with Crippen LogP contribution in [-0.4, -0.2) is 19.2 Å². The Kier molecular flexibility index (Phi) is 5.83. The van der Waals surface area contributed by atoms with Crippen LogP contribution in [0.4, 0.5) is 10.5 Å². The Morgan fingerprint density at radius 3 is 2.77 bits per heavy atom. The molecule has 0 aliphatic heterocycles. The van der Waals surface area contributed by atoms with Gasteiger partial charge in [-0.05, 0) is 49.2 Å². The van der Waals surface area contributed by atoms with Crippen molar-refractivity contribution in [2.45, 2.75) is 13.8 Å². The van der Waals surface area contributed by atoms with E-state index in [0.29, 0.717) is 13.2 Å². The molecule has 0 atom stereocenters. The highest BCUT2D eigenvalue weighted by Crippen LogP contribution is 2.18. The molecule has 116 valence electrons. The number of halogens is 1. The minimum atomic E-state index is -0.248. The number of urea groups is 1. The third-order valence-corrected chi connectivity index (χ3v) is 3.56. The summed E-state index contributed by atoms with van der Waals surface area (Å²) in [5, 5.41) is 5.53. The lowest BCUT2D eigenvalue weighted by atomic mass is 10.1. The van der Waals surface area contributed by atoms with E-state index in [9.17, 15) is 4.79 Å². The summed E-state index contributed by atoms with van der Waals surface area (Å²) >= 11 is 3.36. The van der Waals surface area contributed by atoms with Crippen LogP contribution in [0.25, 0.3) is 0 Å². The lowest BCUT2D eigenvalue weighted by Gasteiger charge is -2.11. The average Bonchev–Trinajstić information content (AvgIpc) is 2.47. The van der Waals surface area contributed by atoms with Crippen molar-refractivity contribution in [3.05, 3.63) is 58.1 Å². The zero-order valence-corrected chi connectivity index (χ0v) is 14.2. The Morgan fingerprint density at radius 1 is 1.18 bits per heavy atom. The van der Waals surface area contributed by atoms with Crippen LogP contribution in [0, 0.1) is 13.8 Å². The van der Waals surface area contributed by atoms with Crippen LogP contribution in [-0.2, 0) is 0 Å². The zero-order chi connectivity index (χ0) is 15.9. The van der Waals surface area contributed by atoms with E-state index < -0.39 is 0 Å². The molecule has 2 amide bonds. The summed E-state index contributed by atoms with van der Waals surface area (Å²) in [7, 11) is 0. The van der Waals surface area contributed by atoms with Crippen molar-refractivity contribution in [2.24, 2.45) is 0 Å². The van der Waals surface area contributed by atoms with Crippen molar-refractivity contribution in [2.75, 3.05) is 18.5 Å². The third kappa shape index (κ3) is 5.07. The summed E-state index contributed by atoms with van der Waals surface area (Å²) < 4.78 is 6.61. The number of aryl methyl sites for hydroxylation is 2. The first-order valence-corrected chi connectivity index (χ1v) is 7.84. The van der Waals surface area contributed by atoms with Gasteiger partial charge < -0.3 is 15.4 Å². The largest absolute Gasteiger partial charge is 0.491 e. The number of nitrogens with one attached hydrogen (secondary N) is 2. The number of amides is 2. The first kappa shape index (κ1) is 16.4. The van der Waals surface area contributed by atoms with Crippen LogP contribution in [0.3, 0.4) is 0 Å². The summed E-state index contributed by atoms with van der Waals surface area (Å²) in [6.07, 6.45) is 0. The number of carbonyl (C=O) groups excluding carboxylic acids is 1. The molecular weight excluding hydrogens is 344 g/mol. The normalized spacial score (nSPS) is 10.1. The minimum Gasteiger partial charge on any atom is -0.491 e. The molecule has 0 bridgehead atoms. The molecule has 2 aromatic rings. The number of ether oxygens (including phenoxy) is 1. The maximum absolute atomic E-state index is 11.8.